The molecule has 2 nitrogen and oxygen atoms in total. The fourth-order valence-corrected chi connectivity index (χ4v) is 1.58. The smallest absolute Gasteiger partial charge is 0.122 e. The average Bonchev–Trinajstić information content (AvgIpc) is 2.41. The van der Waals surface area contributed by atoms with Crippen LogP contribution in [0.2, 0.25) is 0 Å². The predicted octanol–water partition coefficient (Wildman–Crippen LogP) is 3.12. The van der Waals surface area contributed by atoms with E-state index in [0.717, 1.165) is 37.2 Å². The zero-order valence-corrected chi connectivity index (χ0v) is 9.87. The zero-order valence-electron chi connectivity index (χ0n) is 8.23. The van der Waals surface area contributed by atoms with Gasteiger partial charge in [-0.2, -0.15) is 5.26 Å². The van der Waals surface area contributed by atoms with E-state index in [4.69, 9.17) is 10.00 Å². The van der Waals surface area contributed by atoms with Gasteiger partial charge < -0.3 is 4.74 Å². The Morgan fingerprint density at radius 3 is 2.73 bits per heavy atom. The Kier molecular flexibility index (Phi) is 6.15. The van der Waals surface area contributed by atoms with Crippen LogP contribution in [-0.4, -0.2) is 6.61 Å². The molecule has 1 aromatic rings. The number of halogens is 2. The second kappa shape index (κ2) is 6.55. The second-order valence-electron chi connectivity index (χ2n) is 3.24. The van der Waals surface area contributed by atoms with E-state index in [1.807, 2.05) is 18.2 Å². The van der Waals surface area contributed by atoms with Crippen LogP contribution in [0.25, 0.3) is 0 Å². The number of benzene rings is 1. The standard InChI is InChI=1S/C11H11NO.2ClH/c12-8-9-4-5-11-10(7-9)3-1-2-6-13-11;;/h4-5,7H,1-3,6H2;2*1H. The molecule has 82 valence electrons. The first kappa shape index (κ1) is 14.1. The monoisotopic (exact) mass is 245 g/mol. The number of rotatable bonds is 0. The Morgan fingerprint density at radius 2 is 2.00 bits per heavy atom. The molecule has 0 amide bonds. The fraction of sp³-hybridized carbons (Fsp3) is 0.364. The molecule has 15 heavy (non-hydrogen) atoms. The third-order valence-corrected chi connectivity index (χ3v) is 2.29. The normalized spacial score (nSPS) is 13.0. The number of hydrogen-bond acceptors (Lipinski definition) is 2. The van der Waals surface area contributed by atoms with Crippen LogP contribution in [0.15, 0.2) is 18.2 Å². The van der Waals surface area contributed by atoms with Crippen LogP contribution in [0.3, 0.4) is 0 Å². The van der Waals surface area contributed by atoms with Gasteiger partial charge >= 0.3 is 0 Å². The lowest BCUT2D eigenvalue weighted by atomic mass is 10.1. The van der Waals surface area contributed by atoms with Crippen LogP contribution in [0, 0.1) is 11.3 Å². The molecule has 0 saturated heterocycles. The Labute approximate surface area is 102 Å². The lowest BCUT2D eigenvalue weighted by Gasteiger charge is -2.05. The molecule has 0 unspecified atom stereocenters. The van der Waals surface area contributed by atoms with Gasteiger partial charge in [0.2, 0.25) is 0 Å². The Morgan fingerprint density at radius 1 is 1.20 bits per heavy atom. The Balaban J connectivity index is 0.000000980. The third-order valence-electron chi connectivity index (χ3n) is 2.29. The summed E-state index contributed by atoms with van der Waals surface area (Å²) in [6.45, 7) is 0.804. The van der Waals surface area contributed by atoms with Crippen molar-refractivity contribution in [1.29, 1.82) is 5.26 Å². The predicted molar refractivity (Wildman–Crippen MR) is 64.1 cm³/mol. The van der Waals surface area contributed by atoms with Gasteiger partial charge in [-0.3, -0.25) is 0 Å². The lowest BCUT2D eigenvalue weighted by Crippen LogP contribution is -1.94. The summed E-state index contributed by atoms with van der Waals surface area (Å²) >= 11 is 0. The fourth-order valence-electron chi connectivity index (χ4n) is 1.58. The van der Waals surface area contributed by atoms with Gasteiger partial charge in [-0.15, -0.1) is 24.8 Å². The molecule has 1 aliphatic rings. The van der Waals surface area contributed by atoms with E-state index >= 15 is 0 Å². The van der Waals surface area contributed by atoms with Gasteiger partial charge in [0.1, 0.15) is 5.75 Å². The van der Waals surface area contributed by atoms with Crippen molar-refractivity contribution in [3.63, 3.8) is 0 Å². The SMILES string of the molecule is Cl.Cl.N#Cc1ccc2c(c1)CCCCO2. The number of nitriles is 1. The van der Waals surface area contributed by atoms with E-state index in [-0.39, 0.29) is 24.8 Å². The van der Waals surface area contributed by atoms with E-state index in [2.05, 4.69) is 6.07 Å². The van der Waals surface area contributed by atoms with Crippen LogP contribution in [0.1, 0.15) is 24.0 Å². The molecular weight excluding hydrogens is 233 g/mol. The first-order chi connectivity index (χ1) is 6.40. The molecule has 1 aromatic carbocycles. The van der Waals surface area contributed by atoms with Crippen molar-refractivity contribution in [2.75, 3.05) is 6.61 Å². The highest BCUT2D eigenvalue weighted by Crippen LogP contribution is 2.24. The maximum absolute atomic E-state index is 8.72. The summed E-state index contributed by atoms with van der Waals surface area (Å²) in [5.74, 6) is 0.955. The maximum atomic E-state index is 8.72. The molecule has 1 aliphatic heterocycles. The summed E-state index contributed by atoms with van der Waals surface area (Å²) in [4.78, 5) is 0. The molecule has 0 bridgehead atoms. The van der Waals surface area contributed by atoms with Gasteiger partial charge in [0.25, 0.3) is 0 Å². The molecule has 2 rings (SSSR count). The van der Waals surface area contributed by atoms with Gasteiger partial charge in [0, 0.05) is 0 Å². The van der Waals surface area contributed by atoms with E-state index < -0.39 is 0 Å². The zero-order chi connectivity index (χ0) is 9.10. The minimum atomic E-state index is 0. The van der Waals surface area contributed by atoms with E-state index in [9.17, 15) is 0 Å². The highest BCUT2D eigenvalue weighted by molar-refractivity contribution is 5.85. The van der Waals surface area contributed by atoms with E-state index in [0.29, 0.717) is 0 Å². The number of aryl methyl sites for hydroxylation is 1. The molecule has 0 N–H and O–H groups in total. The molecule has 4 heteroatoms. The maximum Gasteiger partial charge on any atom is 0.122 e. The van der Waals surface area contributed by atoms with E-state index in [1.54, 1.807) is 0 Å². The van der Waals surface area contributed by atoms with E-state index in [1.165, 1.54) is 5.56 Å². The average molecular weight is 246 g/mol. The molecule has 1 heterocycles. The molecule has 0 atom stereocenters. The summed E-state index contributed by atoms with van der Waals surface area (Å²) in [6, 6.07) is 7.78. The minimum Gasteiger partial charge on any atom is -0.493 e. The summed E-state index contributed by atoms with van der Waals surface area (Å²) in [5, 5.41) is 8.72. The van der Waals surface area contributed by atoms with Crippen molar-refractivity contribution in [3.8, 4) is 11.8 Å². The summed E-state index contributed by atoms with van der Waals surface area (Å²) in [5.41, 5.74) is 1.90. The molecular formula is C11H13Cl2NO. The second-order valence-corrected chi connectivity index (χ2v) is 3.24. The van der Waals surface area contributed by atoms with Crippen LogP contribution >= 0.6 is 24.8 Å². The highest BCUT2D eigenvalue weighted by Gasteiger charge is 2.08. The summed E-state index contributed by atoms with van der Waals surface area (Å²) in [7, 11) is 0. The van der Waals surface area contributed by atoms with Gasteiger partial charge in [-0.25, -0.2) is 0 Å². The summed E-state index contributed by atoms with van der Waals surface area (Å²) < 4.78 is 5.54. The topological polar surface area (TPSA) is 33.0 Å². The molecule has 0 fully saturated rings. The molecule has 0 spiro atoms. The van der Waals surface area contributed by atoms with Gasteiger partial charge in [0.05, 0.1) is 18.2 Å². The third kappa shape index (κ3) is 3.30. The lowest BCUT2D eigenvalue weighted by molar-refractivity contribution is 0.317. The molecule has 0 saturated carbocycles. The van der Waals surface area contributed by atoms with Crippen molar-refractivity contribution in [2.45, 2.75) is 19.3 Å². The molecule has 0 radical (unpaired) electrons. The number of hydrogen-bond donors (Lipinski definition) is 0. The molecule has 0 aromatic heterocycles. The van der Waals surface area contributed by atoms with Crippen molar-refractivity contribution >= 4 is 24.8 Å². The number of nitrogens with zero attached hydrogens (tertiary/aromatic N) is 1. The summed E-state index contributed by atoms with van der Waals surface area (Å²) in [6.07, 6.45) is 3.29. The van der Waals surface area contributed by atoms with Crippen molar-refractivity contribution in [1.82, 2.24) is 0 Å². The van der Waals surface area contributed by atoms with Crippen molar-refractivity contribution < 1.29 is 4.74 Å². The number of ether oxygens (including phenoxy) is 1. The first-order valence-corrected chi connectivity index (χ1v) is 4.56. The quantitative estimate of drug-likeness (QED) is 0.704. The Bertz CT molecular complexity index is 360. The van der Waals surface area contributed by atoms with Gasteiger partial charge in [0.15, 0.2) is 0 Å². The highest BCUT2D eigenvalue weighted by atomic mass is 35.5. The van der Waals surface area contributed by atoms with Gasteiger partial charge in [-0.1, -0.05) is 0 Å². The first-order valence-electron chi connectivity index (χ1n) is 4.56. The Hall–Kier alpha value is -0.910. The van der Waals surface area contributed by atoms with Crippen LogP contribution in [0.5, 0.6) is 5.75 Å². The van der Waals surface area contributed by atoms with Crippen LogP contribution in [0.4, 0.5) is 0 Å². The largest absolute Gasteiger partial charge is 0.493 e. The van der Waals surface area contributed by atoms with Gasteiger partial charge in [-0.05, 0) is 43.0 Å². The number of fused-ring (bicyclic) bond motifs is 1. The van der Waals surface area contributed by atoms with Crippen molar-refractivity contribution in [3.05, 3.63) is 29.3 Å². The van der Waals surface area contributed by atoms with Crippen molar-refractivity contribution in [2.24, 2.45) is 0 Å². The minimum absolute atomic E-state index is 0. The molecule has 0 aliphatic carbocycles. The van der Waals surface area contributed by atoms with Crippen LogP contribution < -0.4 is 4.74 Å². The van der Waals surface area contributed by atoms with Crippen LogP contribution in [-0.2, 0) is 6.42 Å².